The number of carbonyl (C=O) groups is 1. The Balaban J connectivity index is 1.34. The highest BCUT2D eigenvalue weighted by Gasteiger charge is 2.29. The molecule has 2 aromatic heterocycles. The van der Waals surface area contributed by atoms with E-state index in [1.165, 1.54) is 0 Å². The SMILES string of the molecule is CCC=CN(C=C(C)c1ccccc1)c1ccnc(C(=O)NC2=NC(c3nncn3C3CC3)CC=C2)c1. The van der Waals surface area contributed by atoms with Gasteiger partial charge in [-0.05, 0) is 62.0 Å². The van der Waals surface area contributed by atoms with E-state index in [1.54, 1.807) is 18.6 Å². The lowest BCUT2D eigenvalue weighted by Gasteiger charge is -2.19. The number of nitrogens with one attached hydrogen (secondary N) is 1. The Kier molecular flexibility index (Phi) is 7.35. The van der Waals surface area contributed by atoms with Gasteiger partial charge < -0.3 is 14.8 Å². The number of aliphatic imine (C=N–C) groups is 1. The van der Waals surface area contributed by atoms with Crippen molar-refractivity contribution in [3.8, 4) is 0 Å². The summed E-state index contributed by atoms with van der Waals surface area (Å²) in [5, 5.41) is 11.3. The van der Waals surface area contributed by atoms with E-state index in [-0.39, 0.29) is 11.9 Å². The van der Waals surface area contributed by atoms with Crippen molar-refractivity contribution in [1.29, 1.82) is 0 Å². The summed E-state index contributed by atoms with van der Waals surface area (Å²) in [7, 11) is 0. The van der Waals surface area contributed by atoms with E-state index in [1.807, 2.05) is 47.5 Å². The topological polar surface area (TPSA) is 88.3 Å². The molecule has 0 saturated heterocycles. The third-order valence-electron chi connectivity index (χ3n) is 6.35. The van der Waals surface area contributed by atoms with E-state index in [9.17, 15) is 4.79 Å². The highest BCUT2D eigenvalue weighted by molar-refractivity contribution is 6.10. The van der Waals surface area contributed by atoms with Crippen molar-refractivity contribution in [3.05, 3.63) is 103 Å². The van der Waals surface area contributed by atoms with E-state index in [4.69, 9.17) is 4.99 Å². The molecule has 188 valence electrons. The van der Waals surface area contributed by atoms with Crippen LogP contribution in [0.25, 0.3) is 5.57 Å². The zero-order chi connectivity index (χ0) is 25.6. The lowest BCUT2D eigenvalue weighted by molar-refractivity contribution is 0.0972. The molecule has 3 aromatic rings. The molecule has 1 amide bonds. The largest absolute Gasteiger partial charge is 0.324 e. The number of anilines is 1. The van der Waals surface area contributed by atoms with Gasteiger partial charge in [-0.25, -0.2) is 0 Å². The van der Waals surface area contributed by atoms with Crippen molar-refractivity contribution in [2.75, 3.05) is 4.90 Å². The molecule has 3 heterocycles. The fraction of sp³-hybridized carbons (Fsp3) is 0.276. The summed E-state index contributed by atoms with van der Waals surface area (Å²) >= 11 is 0. The van der Waals surface area contributed by atoms with Gasteiger partial charge in [-0.3, -0.25) is 14.8 Å². The van der Waals surface area contributed by atoms with Crippen molar-refractivity contribution in [2.24, 2.45) is 4.99 Å². The smallest absolute Gasteiger partial charge is 0.275 e. The first-order chi connectivity index (χ1) is 18.1. The van der Waals surface area contributed by atoms with Gasteiger partial charge in [0.25, 0.3) is 5.91 Å². The molecule has 37 heavy (non-hydrogen) atoms. The lowest BCUT2D eigenvalue weighted by atomic mass is 10.1. The second-order valence-corrected chi connectivity index (χ2v) is 9.23. The highest BCUT2D eigenvalue weighted by atomic mass is 16.1. The Morgan fingerprint density at radius 1 is 1.22 bits per heavy atom. The summed E-state index contributed by atoms with van der Waals surface area (Å²) in [6, 6.07) is 14.2. The van der Waals surface area contributed by atoms with Gasteiger partial charge in [0, 0.05) is 30.3 Å². The number of benzene rings is 1. The van der Waals surface area contributed by atoms with Crippen LogP contribution in [-0.2, 0) is 0 Å². The number of amidine groups is 1. The molecule has 0 spiro atoms. The number of hydrogen-bond acceptors (Lipinski definition) is 6. The van der Waals surface area contributed by atoms with E-state index < -0.39 is 0 Å². The first-order valence-corrected chi connectivity index (χ1v) is 12.7. The van der Waals surface area contributed by atoms with Crippen LogP contribution in [0, 0.1) is 0 Å². The number of nitrogens with zero attached hydrogens (tertiary/aromatic N) is 6. The summed E-state index contributed by atoms with van der Waals surface area (Å²) < 4.78 is 2.11. The first kappa shape index (κ1) is 24.4. The molecule has 1 aliphatic carbocycles. The molecule has 0 bridgehead atoms. The molecule has 1 aliphatic heterocycles. The Labute approximate surface area is 217 Å². The van der Waals surface area contributed by atoms with Crippen LogP contribution in [0.5, 0.6) is 0 Å². The average molecular weight is 494 g/mol. The molecule has 0 radical (unpaired) electrons. The summed E-state index contributed by atoms with van der Waals surface area (Å²) in [4.78, 5) is 24.2. The van der Waals surface area contributed by atoms with Gasteiger partial charge in [-0.1, -0.05) is 49.4 Å². The lowest BCUT2D eigenvalue weighted by Crippen LogP contribution is -2.31. The first-order valence-electron chi connectivity index (χ1n) is 12.7. The summed E-state index contributed by atoms with van der Waals surface area (Å²) in [6.45, 7) is 4.16. The minimum absolute atomic E-state index is 0.163. The summed E-state index contributed by atoms with van der Waals surface area (Å²) in [5.41, 5.74) is 3.41. The molecule has 2 aliphatic rings. The van der Waals surface area contributed by atoms with Gasteiger partial charge in [0.05, 0.1) is 0 Å². The molecule has 1 aromatic carbocycles. The Hall–Kier alpha value is -4.33. The molecule has 5 rings (SSSR count). The van der Waals surface area contributed by atoms with Crippen LogP contribution >= 0.6 is 0 Å². The maximum atomic E-state index is 13.2. The van der Waals surface area contributed by atoms with Crippen LogP contribution in [0.1, 0.15) is 73.5 Å². The summed E-state index contributed by atoms with van der Waals surface area (Å²) in [6.07, 6.45) is 17.3. The number of amides is 1. The third-order valence-corrected chi connectivity index (χ3v) is 6.35. The number of hydrogen-bond donors (Lipinski definition) is 1. The highest BCUT2D eigenvalue weighted by Crippen LogP contribution is 2.37. The van der Waals surface area contributed by atoms with Crippen molar-refractivity contribution < 1.29 is 4.79 Å². The number of rotatable bonds is 8. The van der Waals surface area contributed by atoms with Gasteiger partial charge >= 0.3 is 0 Å². The maximum absolute atomic E-state index is 13.2. The zero-order valence-corrected chi connectivity index (χ0v) is 21.2. The van der Waals surface area contributed by atoms with Crippen molar-refractivity contribution in [3.63, 3.8) is 0 Å². The predicted molar refractivity (Wildman–Crippen MR) is 146 cm³/mol. The summed E-state index contributed by atoms with van der Waals surface area (Å²) in [5.74, 6) is 1.04. The molecular formula is C29H31N7O. The van der Waals surface area contributed by atoms with E-state index in [0.29, 0.717) is 17.6 Å². The molecule has 8 nitrogen and oxygen atoms in total. The zero-order valence-electron chi connectivity index (χ0n) is 21.2. The fourth-order valence-corrected chi connectivity index (χ4v) is 4.22. The quantitative estimate of drug-likeness (QED) is 0.439. The monoisotopic (exact) mass is 493 g/mol. The molecule has 1 atom stereocenters. The van der Waals surface area contributed by atoms with Gasteiger partial charge in [0.1, 0.15) is 23.9 Å². The number of allylic oxidation sites excluding steroid dienone is 2. The van der Waals surface area contributed by atoms with Gasteiger partial charge in [0.2, 0.25) is 0 Å². The van der Waals surface area contributed by atoms with Crippen LogP contribution in [0.15, 0.2) is 90.6 Å². The van der Waals surface area contributed by atoms with Crippen LogP contribution in [0.4, 0.5) is 5.69 Å². The molecule has 8 heteroatoms. The van der Waals surface area contributed by atoms with Crippen LogP contribution in [-0.4, -0.2) is 31.5 Å². The van der Waals surface area contributed by atoms with E-state index in [0.717, 1.165) is 48.3 Å². The Morgan fingerprint density at radius 2 is 2.05 bits per heavy atom. The Morgan fingerprint density at radius 3 is 2.84 bits per heavy atom. The standard InChI is InChI=1S/C29H31N7O/c1-3-4-17-35(19-21(2)22-9-6-5-7-10-22)24-15-16-30-26(18-24)29(37)33-27-12-8-11-25(32-27)28-34-31-20-36(28)23-13-14-23/h4-10,12,15-20,23,25H,3,11,13-14H2,1-2H3,(H,32,33,37). The average Bonchev–Trinajstić information content (AvgIpc) is 3.67. The number of carbonyl (C=O) groups excluding carboxylic acids is 1. The minimum atomic E-state index is -0.308. The Bertz CT molecular complexity index is 1370. The van der Waals surface area contributed by atoms with Crippen molar-refractivity contribution in [2.45, 2.75) is 51.6 Å². The molecule has 1 saturated carbocycles. The second-order valence-electron chi connectivity index (χ2n) is 9.23. The third kappa shape index (κ3) is 5.91. The van der Waals surface area contributed by atoms with Gasteiger partial charge in [0.15, 0.2) is 5.82 Å². The van der Waals surface area contributed by atoms with Crippen molar-refractivity contribution >= 4 is 23.0 Å². The second kappa shape index (κ2) is 11.2. The molecule has 1 fully saturated rings. The van der Waals surface area contributed by atoms with Crippen molar-refractivity contribution in [1.82, 2.24) is 25.1 Å². The van der Waals surface area contributed by atoms with Crippen LogP contribution in [0.3, 0.4) is 0 Å². The maximum Gasteiger partial charge on any atom is 0.275 e. The molecule has 1 N–H and O–H groups in total. The van der Waals surface area contributed by atoms with Crippen LogP contribution < -0.4 is 10.2 Å². The molecular weight excluding hydrogens is 462 g/mol. The fourth-order valence-electron chi connectivity index (χ4n) is 4.22. The van der Waals surface area contributed by atoms with Gasteiger partial charge in [-0.2, -0.15) is 0 Å². The minimum Gasteiger partial charge on any atom is -0.324 e. The normalized spacial score (nSPS) is 17.6. The van der Waals surface area contributed by atoms with Crippen LogP contribution in [0.2, 0.25) is 0 Å². The number of pyridine rings is 1. The van der Waals surface area contributed by atoms with E-state index >= 15 is 0 Å². The molecule has 1 unspecified atom stereocenters. The number of dihydropyridines is 1. The predicted octanol–water partition coefficient (Wildman–Crippen LogP) is 5.63. The van der Waals surface area contributed by atoms with Gasteiger partial charge in [-0.15, -0.1) is 10.2 Å². The number of aromatic nitrogens is 4. The van der Waals surface area contributed by atoms with E-state index in [2.05, 4.69) is 63.3 Å².